The van der Waals surface area contributed by atoms with Gasteiger partial charge in [-0.2, -0.15) is 0 Å². The first kappa shape index (κ1) is 20.5. The Morgan fingerprint density at radius 2 is 1.45 bits per heavy atom. The molecule has 3 aromatic carbocycles. The molecule has 0 unspecified atom stereocenters. The van der Waals surface area contributed by atoms with Gasteiger partial charge in [-0.15, -0.1) is 0 Å². The molecule has 1 aliphatic rings. The zero-order valence-corrected chi connectivity index (χ0v) is 17.9. The van der Waals surface area contributed by atoms with Gasteiger partial charge in [0.15, 0.2) is 0 Å². The van der Waals surface area contributed by atoms with E-state index in [-0.39, 0.29) is 17.0 Å². The highest BCUT2D eigenvalue weighted by Gasteiger charge is 2.41. The van der Waals surface area contributed by atoms with Crippen LogP contribution >= 0.6 is 0 Å². The molecule has 0 saturated heterocycles. The molecule has 0 spiro atoms. The number of nitrogens with zero attached hydrogens (tertiary/aromatic N) is 1. The lowest BCUT2D eigenvalue weighted by Crippen LogP contribution is -2.33. The van der Waals surface area contributed by atoms with Gasteiger partial charge in [0.2, 0.25) is 0 Å². The van der Waals surface area contributed by atoms with Crippen LogP contribution in [0.5, 0.6) is 0 Å². The van der Waals surface area contributed by atoms with Crippen LogP contribution in [0, 0.1) is 33.5 Å². The van der Waals surface area contributed by atoms with Gasteiger partial charge in [0.25, 0.3) is 11.8 Å². The second-order valence-corrected chi connectivity index (χ2v) is 7.95. The second kappa shape index (κ2) is 7.84. The van der Waals surface area contributed by atoms with Crippen LogP contribution in [0.3, 0.4) is 0 Å². The van der Waals surface area contributed by atoms with Gasteiger partial charge in [0, 0.05) is 5.69 Å². The van der Waals surface area contributed by atoms with E-state index in [1.807, 2.05) is 64.1 Å². The minimum Gasteiger partial charge on any atom is -0.350 e. The Hall–Kier alpha value is -3.73. The second-order valence-electron chi connectivity index (χ2n) is 7.95. The van der Waals surface area contributed by atoms with Gasteiger partial charge in [-0.3, -0.25) is 9.59 Å². The van der Waals surface area contributed by atoms with Crippen LogP contribution in [0.1, 0.15) is 27.8 Å². The Morgan fingerprint density at radius 1 is 0.774 bits per heavy atom. The number of hydrogen-bond acceptors (Lipinski definition) is 3. The van der Waals surface area contributed by atoms with Gasteiger partial charge in [0.05, 0.1) is 11.3 Å². The van der Waals surface area contributed by atoms with Gasteiger partial charge in [0.1, 0.15) is 11.5 Å². The predicted octanol–water partition coefficient (Wildman–Crippen LogP) is 5.46. The number of benzene rings is 3. The standard InChI is InChI=1S/C26H23FN2O2/c1-15-11-16(2)13-20(12-15)28-24-23(19-10-9-17(3)18(4)14-19)25(30)29(26(24)31)22-8-6-5-7-21(22)27/h5-14,28H,1-4H3. The predicted molar refractivity (Wildman–Crippen MR) is 121 cm³/mol. The lowest BCUT2D eigenvalue weighted by molar-refractivity contribution is -0.120. The topological polar surface area (TPSA) is 49.4 Å². The van der Waals surface area contributed by atoms with Gasteiger partial charge in [-0.25, -0.2) is 9.29 Å². The minimum absolute atomic E-state index is 0.0592. The van der Waals surface area contributed by atoms with Crippen LogP contribution in [0.2, 0.25) is 0 Å². The summed E-state index contributed by atoms with van der Waals surface area (Å²) < 4.78 is 14.5. The molecule has 0 aromatic heterocycles. The third kappa shape index (κ3) is 3.75. The normalized spacial score (nSPS) is 13.9. The third-order valence-corrected chi connectivity index (χ3v) is 5.46. The number of carbonyl (C=O) groups excluding carboxylic acids is 2. The zero-order valence-electron chi connectivity index (χ0n) is 17.9. The van der Waals surface area contributed by atoms with Gasteiger partial charge in [-0.05, 0) is 79.8 Å². The molecule has 0 aliphatic carbocycles. The molecule has 5 heteroatoms. The van der Waals surface area contributed by atoms with Crippen molar-refractivity contribution in [2.45, 2.75) is 27.7 Å². The summed E-state index contributed by atoms with van der Waals surface area (Å²) in [6.45, 7) is 7.86. The van der Waals surface area contributed by atoms with E-state index in [0.717, 1.165) is 27.2 Å². The van der Waals surface area contributed by atoms with Gasteiger partial charge < -0.3 is 5.32 Å². The van der Waals surface area contributed by atoms with Crippen molar-refractivity contribution in [1.29, 1.82) is 0 Å². The SMILES string of the molecule is Cc1cc(C)cc(NC2=C(c3ccc(C)c(C)c3)C(=O)N(c3ccccc3F)C2=O)c1. The number of amides is 2. The molecule has 1 aliphatic heterocycles. The zero-order chi connectivity index (χ0) is 22.3. The Balaban J connectivity index is 1.88. The van der Waals surface area contributed by atoms with Crippen molar-refractivity contribution >= 4 is 28.8 Å². The summed E-state index contributed by atoms with van der Waals surface area (Å²) in [5.41, 5.74) is 5.76. The van der Waals surface area contributed by atoms with E-state index < -0.39 is 17.6 Å². The van der Waals surface area contributed by atoms with E-state index >= 15 is 0 Å². The Bertz CT molecular complexity index is 1240. The number of para-hydroxylation sites is 1. The summed E-state index contributed by atoms with van der Waals surface area (Å²) in [7, 11) is 0. The number of hydrogen-bond donors (Lipinski definition) is 1. The molecule has 1 N–H and O–H groups in total. The molecule has 2 amide bonds. The molecule has 3 aromatic rings. The molecule has 1 heterocycles. The van der Waals surface area contributed by atoms with Crippen LogP contribution in [0.25, 0.3) is 5.57 Å². The molecule has 0 atom stereocenters. The fourth-order valence-corrected chi connectivity index (χ4v) is 3.85. The Kier molecular flexibility index (Phi) is 5.19. The molecule has 31 heavy (non-hydrogen) atoms. The highest BCUT2D eigenvalue weighted by molar-refractivity contribution is 6.46. The summed E-state index contributed by atoms with van der Waals surface area (Å²) in [6.07, 6.45) is 0. The van der Waals surface area contributed by atoms with E-state index in [0.29, 0.717) is 11.3 Å². The van der Waals surface area contributed by atoms with E-state index in [1.54, 1.807) is 6.07 Å². The molecule has 4 rings (SSSR count). The lowest BCUT2D eigenvalue weighted by Gasteiger charge is -2.16. The van der Waals surface area contributed by atoms with Crippen molar-refractivity contribution in [3.05, 3.63) is 100.0 Å². The van der Waals surface area contributed by atoms with E-state index in [2.05, 4.69) is 5.32 Å². The molecule has 4 nitrogen and oxygen atoms in total. The summed E-state index contributed by atoms with van der Waals surface area (Å²) in [5, 5.41) is 3.15. The first-order valence-electron chi connectivity index (χ1n) is 10.1. The molecule has 0 saturated carbocycles. The van der Waals surface area contributed by atoms with Crippen LogP contribution in [-0.2, 0) is 9.59 Å². The highest BCUT2D eigenvalue weighted by atomic mass is 19.1. The molecule has 0 bridgehead atoms. The van der Waals surface area contributed by atoms with Crippen LogP contribution in [0.15, 0.2) is 66.4 Å². The quantitative estimate of drug-likeness (QED) is 0.577. The maximum absolute atomic E-state index is 14.5. The number of imide groups is 1. The molecule has 0 fully saturated rings. The number of aryl methyl sites for hydroxylation is 4. The van der Waals surface area contributed by atoms with Crippen molar-refractivity contribution in [3.63, 3.8) is 0 Å². The fourth-order valence-electron chi connectivity index (χ4n) is 3.85. The van der Waals surface area contributed by atoms with Gasteiger partial charge >= 0.3 is 0 Å². The smallest absolute Gasteiger partial charge is 0.282 e. The summed E-state index contributed by atoms with van der Waals surface area (Å²) in [6, 6.07) is 17.2. The monoisotopic (exact) mass is 414 g/mol. The minimum atomic E-state index is -0.628. The van der Waals surface area contributed by atoms with E-state index in [1.165, 1.54) is 18.2 Å². The number of nitrogens with one attached hydrogen (secondary N) is 1. The fraction of sp³-hybridized carbons (Fsp3) is 0.154. The molecular formula is C26H23FN2O2. The average molecular weight is 414 g/mol. The van der Waals surface area contributed by atoms with Crippen LogP contribution in [-0.4, -0.2) is 11.8 Å². The Labute approximate surface area is 181 Å². The summed E-state index contributed by atoms with van der Waals surface area (Å²) in [5.74, 6) is -1.76. The van der Waals surface area contributed by atoms with Crippen molar-refractivity contribution in [1.82, 2.24) is 0 Å². The first-order chi connectivity index (χ1) is 14.8. The van der Waals surface area contributed by atoms with Crippen molar-refractivity contribution in [3.8, 4) is 0 Å². The largest absolute Gasteiger partial charge is 0.350 e. The number of carbonyl (C=O) groups is 2. The van der Waals surface area contributed by atoms with Gasteiger partial charge in [-0.1, -0.05) is 36.4 Å². The van der Waals surface area contributed by atoms with Crippen LogP contribution < -0.4 is 10.2 Å². The summed E-state index contributed by atoms with van der Waals surface area (Å²) >= 11 is 0. The number of halogens is 1. The number of anilines is 2. The van der Waals surface area contributed by atoms with Crippen molar-refractivity contribution < 1.29 is 14.0 Å². The van der Waals surface area contributed by atoms with E-state index in [9.17, 15) is 14.0 Å². The molecular weight excluding hydrogens is 391 g/mol. The number of rotatable bonds is 4. The third-order valence-electron chi connectivity index (χ3n) is 5.46. The summed E-state index contributed by atoms with van der Waals surface area (Å²) in [4.78, 5) is 27.7. The van der Waals surface area contributed by atoms with E-state index in [4.69, 9.17) is 0 Å². The molecule has 0 radical (unpaired) electrons. The highest BCUT2D eigenvalue weighted by Crippen LogP contribution is 2.35. The maximum Gasteiger partial charge on any atom is 0.282 e. The van der Waals surface area contributed by atoms with Crippen molar-refractivity contribution in [2.24, 2.45) is 0 Å². The van der Waals surface area contributed by atoms with Crippen LogP contribution in [0.4, 0.5) is 15.8 Å². The lowest BCUT2D eigenvalue weighted by atomic mass is 9.99. The maximum atomic E-state index is 14.5. The van der Waals surface area contributed by atoms with Crippen molar-refractivity contribution in [2.75, 3.05) is 10.2 Å². The first-order valence-corrected chi connectivity index (χ1v) is 10.1. The molecule has 156 valence electrons. The average Bonchev–Trinajstić information content (AvgIpc) is 2.94. The Morgan fingerprint density at radius 3 is 2.10 bits per heavy atom.